The van der Waals surface area contributed by atoms with Crippen molar-refractivity contribution in [3.05, 3.63) is 38.2 Å². The SMILES string of the molecule is O=C(O)c1c2n(c3cc(Br)c(F)cc3c1=O)CS2. The zero-order valence-electron chi connectivity index (χ0n) is 8.74. The van der Waals surface area contributed by atoms with Crippen LogP contribution in [-0.2, 0) is 5.88 Å². The van der Waals surface area contributed by atoms with E-state index in [-0.39, 0.29) is 15.4 Å². The number of thioether (sulfide) groups is 1. The average Bonchev–Trinajstić information content (AvgIpc) is 2.26. The molecule has 0 aliphatic carbocycles. The van der Waals surface area contributed by atoms with Crippen molar-refractivity contribution in [1.82, 2.24) is 4.57 Å². The topological polar surface area (TPSA) is 59.3 Å². The maximum atomic E-state index is 13.5. The molecule has 3 rings (SSSR count). The van der Waals surface area contributed by atoms with Crippen LogP contribution < -0.4 is 5.43 Å². The maximum Gasteiger partial charge on any atom is 0.342 e. The van der Waals surface area contributed by atoms with Crippen molar-refractivity contribution in [2.24, 2.45) is 0 Å². The van der Waals surface area contributed by atoms with Gasteiger partial charge in [0.25, 0.3) is 0 Å². The first-order valence-corrected chi connectivity index (χ1v) is 6.70. The van der Waals surface area contributed by atoms with E-state index >= 15 is 0 Å². The van der Waals surface area contributed by atoms with Crippen molar-refractivity contribution in [1.29, 1.82) is 0 Å². The minimum Gasteiger partial charge on any atom is -0.477 e. The Morgan fingerprint density at radius 3 is 2.78 bits per heavy atom. The lowest BCUT2D eigenvalue weighted by molar-refractivity contribution is 0.0689. The fraction of sp³-hybridized carbons (Fsp3) is 0.0909. The highest BCUT2D eigenvalue weighted by molar-refractivity contribution is 9.10. The van der Waals surface area contributed by atoms with Gasteiger partial charge in [0.05, 0.1) is 20.9 Å². The Balaban J connectivity index is 2.54. The molecule has 0 unspecified atom stereocenters. The first-order chi connectivity index (χ1) is 8.50. The number of pyridine rings is 1. The number of aromatic carboxylic acids is 1. The Morgan fingerprint density at radius 2 is 2.22 bits per heavy atom. The molecule has 0 bridgehead atoms. The molecule has 4 nitrogen and oxygen atoms in total. The van der Waals surface area contributed by atoms with Crippen LogP contribution in [0.2, 0.25) is 0 Å². The largest absolute Gasteiger partial charge is 0.477 e. The van der Waals surface area contributed by atoms with E-state index in [0.29, 0.717) is 16.4 Å². The molecule has 92 valence electrons. The van der Waals surface area contributed by atoms with Crippen LogP contribution in [0, 0.1) is 5.82 Å². The summed E-state index contributed by atoms with van der Waals surface area (Å²) in [4.78, 5) is 23.1. The molecule has 2 aromatic rings. The van der Waals surface area contributed by atoms with Gasteiger partial charge in [-0.15, -0.1) is 0 Å². The highest BCUT2D eigenvalue weighted by Crippen LogP contribution is 2.37. The number of aromatic nitrogens is 1. The van der Waals surface area contributed by atoms with E-state index in [1.165, 1.54) is 17.8 Å². The van der Waals surface area contributed by atoms with Crippen LogP contribution in [0.4, 0.5) is 4.39 Å². The number of nitrogens with zero attached hydrogens (tertiary/aromatic N) is 1. The van der Waals surface area contributed by atoms with Gasteiger partial charge in [-0.1, -0.05) is 11.8 Å². The Bertz CT molecular complexity index is 771. The zero-order chi connectivity index (χ0) is 13.0. The Morgan fingerprint density at radius 1 is 1.50 bits per heavy atom. The third kappa shape index (κ3) is 1.44. The van der Waals surface area contributed by atoms with Crippen LogP contribution in [0.3, 0.4) is 0 Å². The quantitative estimate of drug-likeness (QED) is 0.873. The number of carboxylic acid groups (broad SMARTS) is 1. The van der Waals surface area contributed by atoms with E-state index in [2.05, 4.69) is 15.9 Å². The average molecular weight is 330 g/mol. The molecule has 0 atom stereocenters. The van der Waals surface area contributed by atoms with Gasteiger partial charge in [0, 0.05) is 5.39 Å². The number of hydrogen-bond acceptors (Lipinski definition) is 3. The molecule has 0 amide bonds. The van der Waals surface area contributed by atoms with Gasteiger partial charge in [-0.25, -0.2) is 9.18 Å². The number of carboxylic acids is 1. The van der Waals surface area contributed by atoms with Gasteiger partial charge >= 0.3 is 5.97 Å². The second-order valence-electron chi connectivity index (χ2n) is 3.80. The van der Waals surface area contributed by atoms with Gasteiger partial charge in [0.1, 0.15) is 11.4 Å². The predicted molar refractivity (Wildman–Crippen MR) is 68.7 cm³/mol. The van der Waals surface area contributed by atoms with Gasteiger partial charge in [-0.05, 0) is 28.1 Å². The molecule has 0 saturated carbocycles. The minimum atomic E-state index is -1.28. The first-order valence-electron chi connectivity index (χ1n) is 4.92. The fourth-order valence-corrected chi connectivity index (χ4v) is 3.22. The molecular weight excluding hydrogens is 325 g/mol. The molecule has 7 heteroatoms. The predicted octanol–water partition coefficient (Wildman–Crippen LogP) is 2.66. The van der Waals surface area contributed by atoms with Crippen molar-refractivity contribution in [3.63, 3.8) is 0 Å². The fourth-order valence-electron chi connectivity index (χ4n) is 1.94. The zero-order valence-corrected chi connectivity index (χ0v) is 11.1. The van der Waals surface area contributed by atoms with E-state index < -0.39 is 17.2 Å². The Hall–Kier alpha value is -1.34. The van der Waals surface area contributed by atoms with Crippen LogP contribution in [0.25, 0.3) is 10.9 Å². The summed E-state index contributed by atoms with van der Waals surface area (Å²) in [5, 5.41) is 9.58. The summed E-state index contributed by atoms with van der Waals surface area (Å²) >= 11 is 4.36. The minimum absolute atomic E-state index is 0.0946. The summed E-state index contributed by atoms with van der Waals surface area (Å²) in [6.45, 7) is 0. The summed E-state index contributed by atoms with van der Waals surface area (Å²) in [5.41, 5.74) is -0.366. The number of rotatable bonds is 1. The summed E-state index contributed by atoms with van der Waals surface area (Å²) in [5.74, 6) is -1.30. The lowest BCUT2D eigenvalue weighted by Gasteiger charge is -2.25. The Kier molecular flexibility index (Phi) is 2.49. The molecule has 2 heterocycles. The monoisotopic (exact) mass is 329 g/mol. The highest BCUT2D eigenvalue weighted by Gasteiger charge is 2.28. The summed E-state index contributed by atoms with van der Waals surface area (Å²) in [6, 6.07) is 2.57. The molecule has 1 aliphatic rings. The van der Waals surface area contributed by atoms with Crippen molar-refractivity contribution in [3.8, 4) is 0 Å². The molecule has 18 heavy (non-hydrogen) atoms. The summed E-state index contributed by atoms with van der Waals surface area (Å²) in [6.07, 6.45) is 0. The van der Waals surface area contributed by atoms with Crippen LogP contribution in [0.15, 0.2) is 26.4 Å². The van der Waals surface area contributed by atoms with E-state index in [4.69, 9.17) is 5.11 Å². The van der Waals surface area contributed by atoms with Gasteiger partial charge in [-0.2, -0.15) is 0 Å². The summed E-state index contributed by atoms with van der Waals surface area (Å²) in [7, 11) is 0. The van der Waals surface area contributed by atoms with Gasteiger partial charge in [-0.3, -0.25) is 4.79 Å². The molecule has 1 N–H and O–H groups in total. The van der Waals surface area contributed by atoms with Crippen LogP contribution in [0.5, 0.6) is 0 Å². The second-order valence-corrected chi connectivity index (χ2v) is 5.59. The molecule has 1 aromatic carbocycles. The van der Waals surface area contributed by atoms with Crippen LogP contribution in [0.1, 0.15) is 10.4 Å². The Labute approximate surface area is 113 Å². The van der Waals surface area contributed by atoms with E-state index in [9.17, 15) is 14.0 Å². The lowest BCUT2D eigenvalue weighted by Crippen LogP contribution is -2.26. The van der Waals surface area contributed by atoms with Gasteiger partial charge in [0.2, 0.25) is 5.43 Å². The lowest BCUT2D eigenvalue weighted by atomic mass is 10.1. The van der Waals surface area contributed by atoms with E-state index in [0.717, 1.165) is 6.07 Å². The van der Waals surface area contributed by atoms with Crippen molar-refractivity contribution < 1.29 is 14.3 Å². The van der Waals surface area contributed by atoms with Gasteiger partial charge in [0.15, 0.2) is 0 Å². The number of carbonyl (C=O) groups is 1. The molecule has 1 aromatic heterocycles. The third-order valence-electron chi connectivity index (χ3n) is 2.80. The standard InChI is InChI=1S/C11H5BrFNO3S/c12-5-2-7-4(1-6(5)13)9(15)8(11(16)17)10-14(7)3-18-10/h1-2H,3H2,(H,16,17). The molecule has 0 radical (unpaired) electrons. The van der Waals surface area contributed by atoms with Crippen LogP contribution in [-0.4, -0.2) is 15.6 Å². The third-order valence-corrected chi connectivity index (χ3v) is 4.50. The van der Waals surface area contributed by atoms with Gasteiger partial charge < -0.3 is 9.67 Å². The molecular formula is C11H5BrFNO3S. The van der Waals surface area contributed by atoms with Crippen molar-refractivity contribution in [2.75, 3.05) is 0 Å². The smallest absolute Gasteiger partial charge is 0.342 e. The maximum absolute atomic E-state index is 13.5. The number of fused-ring (bicyclic) bond motifs is 3. The van der Waals surface area contributed by atoms with Crippen molar-refractivity contribution in [2.45, 2.75) is 10.9 Å². The molecule has 0 saturated heterocycles. The molecule has 1 aliphatic heterocycles. The second kappa shape index (κ2) is 3.83. The normalized spacial score (nSPS) is 13.2. The first kappa shape index (κ1) is 11.7. The molecule has 0 spiro atoms. The molecule has 0 fully saturated rings. The number of benzene rings is 1. The number of hydrogen-bond donors (Lipinski definition) is 1. The van der Waals surface area contributed by atoms with E-state index in [1.807, 2.05) is 0 Å². The number of halogens is 2. The highest BCUT2D eigenvalue weighted by atomic mass is 79.9. The summed E-state index contributed by atoms with van der Waals surface area (Å²) < 4.78 is 15.4. The van der Waals surface area contributed by atoms with E-state index in [1.54, 1.807) is 4.57 Å². The van der Waals surface area contributed by atoms with Crippen LogP contribution >= 0.6 is 27.7 Å². The van der Waals surface area contributed by atoms with Crippen molar-refractivity contribution >= 4 is 44.6 Å².